The summed E-state index contributed by atoms with van der Waals surface area (Å²) in [7, 11) is 0. The number of ether oxygens (including phenoxy) is 2. The van der Waals surface area contributed by atoms with Crippen LogP contribution in [-0.4, -0.2) is 18.2 Å². The molecular formula is C13H12N2O2. The highest BCUT2D eigenvalue weighted by Crippen LogP contribution is 2.34. The minimum atomic E-state index is 0.511. The minimum Gasteiger partial charge on any atom is -0.486 e. The van der Waals surface area contributed by atoms with Gasteiger partial charge in [-0.1, -0.05) is 6.07 Å². The zero-order valence-electron chi connectivity index (χ0n) is 9.22. The van der Waals surface area contributed by atoms with Gasteiger partial charge in [-0.15, -0.1) is 0 Å². The van der Waals surface area contributed by atoms with Crippen molar-refractivity contribution in [3.63, 3.8) is 0 Å². The Labute approximate surface area is 99.0 Å². The predicted molar refractivity (Wildman–Crippen MR) is 65.1 cm³/mol. The minimum absolute atomic E-state index is 0.511. The Kier molecular flexibility index (Phi) is 2.33. The molecule has 1 aliphatic rings. The van der Waals surface area contributed by atoms with Gasteiger partial charge < -0.3 is 15.2 Å². The van der Waals surface area contributed by atoms with Gasteiger partial charge in [-0.05, 0) is 35.4 Å². The summed E-state index contributed by atoms with van der Waals surface area (Å²) in [6, 6.07) is 9.62. The Bertz CT molecular complexity index is 555. The van der Waals surface area contributed by atoms with Crippen LogP contribution in [0.4, 0.5) is 5.82 Å². The molecule has 4 nitrogen and oxygen atoms in total. The van der Waals surface area contributed by atoms with E-state index in [-0.39, 0.29) is 0 Å². The zero-order valence-corrected chi connectivity index (χ0v) is 9.22. The smallest absolute Gasteiger partial charge is 0.161 e. The van der Waals surface area contributed by atoms with E-state index in [1.165, 1.54) is 0 Å². The first-order valence-corrected chi connectivity index (χ1v) is 5.44. The molecule has 1 aromatic carbocycles. The van der Waals surface area contributed by atoms with Crippen LogP contribution in [0.2, 0.25) is 0 Å². The van der Waals surface area contributed by atoms with Crippen LogP contribution in [0, 0.1) is 0 Å². The Morgan fingerprint density at radius 2 is 1.71 bits per heavy atom. The lowest BCUT2D eigenvalue weighted by atomic mass is 10.1. The van der Waals surface area contributed by atoms with E-state index in [4.69, 9.17) is 15.2 Å². The molecule has 17 heavy (non-hydrogen) atoms. The summed E-state index contributed by atoms with van der Waals surface area (Å²) in [4.78, 5) is 3.97. The number of fused-ring (bicyclic) bond motifs is 1. The molecule has 0 amide bonds. The highest BCUT2D eigenvalue weighted by molar-refractivity contribution is 5.69. The van der Waals surface area contributed by atoms with E-state index in [9.17, 15) is 0 Å². The van der Waals surface area contributed by atoms with Gasteiger partial charge in [0.05, 0.1) is 0 Å². The first-order chi connectivity index (χ1) is 8.33. The average Bonchev–Trinajstić information content (AvgIpc) is 2.38. The van der Waals surface area contributed by atoms with Gasteiger partial charge in [0.1, 0.15) is 19.0 Å². The lowest BCUT2D eigenvalue weighted by Gasteiger charge is -2.18. The van der Waals surface area contributed by atoms with Crippen molar-refractivity contribution in [2.45, 2.75) is 0 Å². The Morgan fingerprint density at radius 1 is 0.941 bits per heavy atom. The Balaban J connectivity index is 2.04. The van der Waals surface area contributed by atoms with Gasteiger partial charge in [-0.3, -0.25) is 0 Å². The summed E-state index contributed by atoms with van der Waals surface area (Å²) >= 11 is 0. The number of nitrogens with two attached hydrogens (primary N) is 1. The van der Waals surface area contributed by atoms with E-state index in [1.54, 1.807) is 6.20 Å². The summed E-state index contributed by atoms with van der Waals surface area (Å²) in [5.41, 5.74) is 7.73. The molecule has 1 aliphatic heterocycles. The number of benzene rings is 1. The van der Waals surface area contributed by atoms with Crippen LogP contribution in [0.1, 0.15) is 0 Å². The molecule has 4 heteroatoms. The number of nitrogens with zero attached hydrogens (tertiary/aromatic N) is 1. The maximum absolute atomic E-state index is 5.67. The van der Waals surface area contributed by atoms with Gasteiger partial charge >= 0.3 is 0 Å². The van der Waals surface area contributed by atoms with E-state index in [1.807, 2.05) is 30.3 Å². The quantitative estimate of drug-likeness (QED) is 0.812. The first kappa shape index (κ1) is 9.96. The van der Waals surface area contributed by atoms with Crippen LogP contribution in [0.3, 0.4) is 0 Å². The molecule has 86 valence electrons. The molecule has 2 heterocycles. The van der Waals surface area contributed by atoms with Crippen molar-refractivity contribution in [1.29, 1.82) is 0 Å². The van der Waals surface area contributed by atoms with Crippen molar-refractivity contribution >= 4 is 5.82 Å². The first-order valence-electron chi connectivity index (χ1n) is 5.44. The topological polar surface area (TPSA) is 57.4 Å². The van der Waals surface area contributed by atoms with Crippen LogP contribution in [0.25, 0.3) is 11.1 Å². The monoisotopic (exact) mass is 228 g/mol. The number of aromatic nitrogens is 1. The molecular weight excluding hydrogens is 216 g/mol. The summed E-state index contributed by atoms with van der Waals surface area (Å²) < 4.78 is 11.0. The highest BCUT2D eigenvalue weighted by atomic mass is 16.6. The van der Waals surface area contributed by atoms with Crippen LogP contribution in [-0.2, 0) is 0 Å². The fraction of sp³-hybridized carbons (Fsp3) is 0.154. The third-order valence-electron chi connectivity index (χ3n) is 2.66. The van der Waals surface area contributed by atoms with Crippen LogP contribution < -0.4 is 15.2 Å². The van der Waals surface area contributed by atoms with Gasteiger partial charge in [0.25, 0.3) is 0 Å². The fourth-order valence-electron chi connectivity index (χ4n) is 1.85. The van der Waals surface area contributed by atoms with E-state index in [2.05, 4.69) is 4.98 Å². The number of pyridine rings is 1. The van der Waals surface area contributed by atoms with Crippen molar-refractivity contribution in [2.24, 2.45) is 0 Å². The van der Waals surface area contributed by atoms with E-state index in [0.29, 0.717) is 19.0 Å². The molecule has 0 radical (unpaired) electrons. The summed E-state index contributed by atoms with van der Waals surface area (Å²) in [6.45, 7) is 1.20. The SMILES string of the molecule is Nc1cc(-c2ccc3c(c2)OCCO3)ccn1. The second-order valence-electron chi connectivity index (χ2n) is 3.83. The Hall–Kier alpha value is -2.23. The van der Waals surface area contributed by atoms with Crippen molar-refractivity contribution in [1.82, 2.24) is 4.98 Å². The van der Waals surface area contributed by atoms with Gasteiger partial charge in [0.15, 0.2) is 11.5 Å². The molecule has 0 fully saturated rings. The van der Waals surface area contributed by atoms with Gasteiger partial charge in [-0.2, -0.15) is 0 Å². The number of rotatable bonds is 1. The molecule has 0 bridgehead atoms. The third kappa shape index (κ3) is 1.89. The molecule has 0 spiro atoms. The van der Waals surface area contributed by atoms with Gasteiger partial charge in [0.2, 0.25) is 0 Å². The lowest BCUT2D eigenvalue weighted by molar-refractivity contribution is 0.171. The molecule has 2 aromatic rings. The molecule has 0 unspecified atom stereocenters. The van der Waals surface area contributed by atoms with Crippen molar-refractivity contribution < 1.29 is 9.47 Å². The average molecular weight is 228 g/mol. The van der Waals surface area contributed by atoms with Crippen LogP contribution in [0.5, 0.6) is 11.5 Å². The fourth-order valence-corrected chi connectivity index (χ4v) is 1.85. The van der Waals surface area contributed by atoms with E-state index >= 15 is 0 Å². The predicted octanol–water partition coefficient (Wildman–Crippen LogP) is 2.10. The lowest BCUT2D eigenvalue weighted by Crippen LogP contribution is -2.15. The van der Waals surface area contributed by atoms with Crippen molar-refractivity contribution in [2.75, 3.05) is 18.9 Å². The zero-order chi connectivity index (χ0) is 11.7. The molecule has 1 aromatic heterocycles. The largest absolute Gasteiger partial charge is 0.486 e. The molecule has 0 aliphatic carbocycles. The van der Waals surface area contributed by atoms with E-state index < -0.39 is 0 Å². The molecule has 0 atom stereocenters. The standard InChI is InChI=1S/C13H12N2O2/c14-13-8-10(3-4-15-13)9-1-2-11-12(7-9)17-6-5-16-11/h1-4,7-8H,5-6H2,(H2,14,15). The normalized spacial score (nSPS) is 13.4. The van der Waals surface area contributed by atoms with Gasteiger partial charge in [-0.25, -0.2) is 4.98 Å². The highest BCUT2D eigenvalue weighted by Gasteiger charge is 2.12. The summed E-state index contributed by atoms with van der Waals surface area (Å²) in [6.07, 6.45) is 1.70. The van der Waals surface area contributed by atoms with Crippen LogP contribution >= 0.6 is 0 Å². The molecule has 2 N–H and O–H groups in total. The third-order valence-corrected chi connectivity index (χ3v) is 2.66. The maximum atomic E-state index is 5.67. The second kappa shape index (κ2) is 3.97. The number of hydrogen-bond acceptors (Lipinski definition) is 4. The Morgan fingerprint density at radius 3 is 2.53 bits per heavy atom. The molecule has 3 rings (SSSR count). The van der Waals surface area contributed by atoms with Crippen molar-refractivity contribution in [3.8, 4) is 22.6 Å². The maximum Gasteiger partial charge on any atom is 0.161 e. The second-order valence-corrected chi connectivity index (χ2v) is 3.83. The summed E-state index contributed by atoms with van der Waals surface area (Å²) in [5.74, 6) is 2.09. The summed E-state index contributed by atoms with van der Waals surface area (Å²) in [5, 5.41) is 0. The number of hydrogen-bond donors (Lipinski definition) is 1. The van der Waals surface area contributed by atoms with Gasteiger partial charge in [0, 0.05) is 6.20 Å². The molecule has 0 saturated heterocycles. The van der Waals surface area contributed by atoms with E-state index in [0.717, 1.165) is 22.6 Å². The van der Waals surface area contributed by atoms with Crippen LogP contribution in [0.15, 0.2) is 36.5 Å². The van der Waals surface area contributed by atoms with Crippen molar-refractivity contribution in [3.05, 3.63) is 36.5 Å². The number of anilines is 1. The molecule has 0 saturated carbocycles. The number of nitrogen functional groups attached to an aromatic ring is 1.